The molecule has 0 fully saturated rings. The maximum absolute atomic E-state index is 5.33. The van der Waals surface area contributed by atoms with Crippen LogP contribution in [0.25, 0.3) is 10.8 Å². The van der Waals surface area contributed by atoms with Crippen molar-refractivity contribution >= 4 is 16.5 Å². The summed E-state index contributed by atoms with van der Waals surface area (Å²) in [5, 5.41) is 10.2. The molecule has 0 unspecified atom stereocenters. The smallest absolute Gasteiger partial charge is 0.160 e. The molecule has 0 aromatic heterocycles. The molecule has 3 rings (SSSR count). The van der Waals surface area contributed by atoms with Crippen LogP contribution in [0.5, 0.6) is 5.75 Å². The summed E-state index contributed by atoms with van der Waals surface area (Å²) in [7, 11) is 0. The maximum Gasteiger partial charge on any atom is 0.160 e. The van der Waals surface area contributed by atoms with Crippen LogP contribution >= 0.6 is 0 Å². The summed E-state index contributed by atoms with van der Waals surface area (Å²) < 4.78 is 0. The fourth-order valence-electron chi connectivity index (χ4n) is 2.01. The van der Waals surface area contributed by atoms with E-state index in [1.165, 1.54) is 5.39 Å². The van der Waals surface area contributed by atoms with Crippen molar-refractivity contribution in [3.05, 3.63) is 72.3 Å². The van der Waals surface area contributed by atoms with Crippen LogP contribution < -0.4 is 4.84 Å². The van der Waals surface area contributed by atoms with Gasteiger partial charge in [-0.3, -0.25) is 0 Å². The van der Waals surface area contributed by atoms with Gasteiger partial charge in [0.1, 0.15) is 0 Å². The van der Waals surface area contributed by atoms with E-state index in [1.54, 1.807) is 0 Å². The SMILES string of the molecule is Cc1ccccc1N=NOc1ccc2ccccc2c1. The predicted octanol–water partition coefficient (Wildman–Crippen LogP) is 5.23. The van der Waals surface area contributed by atoms with Gasteiger partial charge in [0.15, 0.2) is 5.75 Å². The predicted molar refractivity (Wildman–Crippen MR) is 80.3 cm³/mol. The van der Waals surface area contributed by atoms with E-state index in [-0.39, 0.29) is 0 Å². The molecule has 0 atom stereocenters. The highest BCUT2D eigenvalue weighted by Crippen LogP contribution is 2.22. The highest BCUT2D eigenvalue weighted by molar-refractivity contribution is 5.83. The molecule has 0 spiro atoms. The normalized spacial score (nSPS) is 11.1. The van der Waals surface area contributed by atoms with Gasteiger partial charge in [0.2, 0.25) is 0 Å². The van der Waals surface area contributed by atoms with Gasteiger partial charge < -0.3 is 4.84 Å². The number of nitrogens with zero attached hydrogens (tertiary/aromatic N) is 2. The molecule has 0 heterocycles. The van der Waals surface area contributed by atoms with Gasteiger partial charge in [-0.25, -0.2) is 0 Å². The Hall–Kier alpha value is -2.68. The first-order valence-corrected chi connectivity index (χ1v) is 6.45. The van der Waals surface area contributed by atoms with Gasteiger partial charge in [0, 0.05) is 5.28 Å². The average Bonchev–Trinajstić information content (AvgIpc) is 2.49. The fourth-order valence-corrected chi connectivity index (χ4v) is 2.01. The Morgan fingerprint density at radius 2 is 1.55 bits per heavy atom. The molecule has 0 saturated carbocycles. The summed E-state index contributed by atoms with van der Waals surface area (Å²) in [5.74, 6) is 0.682. The molecule has 0 amide bonds. The standard InChI is InChI=1S/C17H14N2O/c1-13-6-2-5-9-17(13)18-19-20-16-11-10-14-7-3-4-8-15(14)12-16/h2-12H,1H3. The van der Waals surface area contributed by atoms with Crippen LogP contribution in [0, 0.1) is 6.92 Å². The van der Waals surface area contributed by atoms with Crippen molar-refractivity contribution in [1.82, 2.24) is 0 Å². The van der Waals surface area contributed by atoms with E-state index in [2.05, 4.69) is 16.5 Å². The lowest BCUT2D eigenvalue weighted by Crippen LogP contribution is -1.82. The first kappa shape index (κ1) is 12.4. The minimum Gasteiger partial charge on any atom is -0.339 e. The van der Waals surface area contributed by atoms with Gasteiger partial charge in [-0.15, -0.1) is 5.11 Å². The minimum absolute atomic E-state index is 0.682. The summed E-state index contributed by atoms with van der Waals surface area (Å²) in [6.45, 7) is 1.99. The molecule has 3 aromatic carbocycles. The lowest BCUT2D eigenvalue weighted by Gasteiger charge is -2.01. The number of aryl methyl sites for hydroxylation is 1. The molecular weight excluding hydrogens is 248 g/mol. The quantitative estimate of drug-likeness (QED) is 0.470. The summed E-state index contributed by atoms with van der Waals surface area (Å²) in [6.07, 6.45) is 0. The molecule has 20 heavy (non-hydrogen) atoms. The van der Waals surface area contributed by atoms with Gasteiger partial charge in [-0.1, -0.05) is 48.5 Å². The third-order valence-electron chi connectivity index (χ3n) is 3.13. The lowest BCUT2D eigenvalue weighted by atomic mass is 10.1. The van der Waals surface area contributed by atoms with Crippen LogP contribution in [0.1, 0.15) is 5.56 Å². The molecule has 0 N–H and O–H groups in total. The largest absolute Gasteiger partial charge is 0.339 e. The Balaban J connectivity index is 1.78. The second-order valence-corrected chi connectivity index (χ2v) is 4.57. The summed E-state index contributed by atoms with van der Waals surface area (Å²) in [6, 6.07) is 21.8. The zero-order chi connectivity index (χ0) is 13.8. The minimum atomic E-state index is 0.682. The van der Waals surface area contributed by atoms with E-state index in [1.807, 2.05) is 67.6 Å². The van der Waals surface area contributed by atoms with Crippen LogP contribution in [-0.2, 0) is 0 Å². The van der Waals surface area contributed by atoms with Crippen molar-refractivity contribution < 1.29 is 4.84 Å². The molecule has 98 valence electrons. The maximum atomic E-state index is 5.33. The number of fused-ring (bicyclic) bond motifs is 1. The Labute approximate surface area is 117 Å². The number of rotatable bonds is 3. The van der Waals surface area contributed by atoms with Crippen molar-refractivity contribution in [3.63, 3.8) is 0 Å². The molecule has 0 radical (unpaired) electrons. The molecule has 0 saturated heterocycles. The second kappa shape index (κ2) is 5.53. The van der Waals surface area contributed by atoms with Gasteiger partial charge >= 0.3 is 0 Å². The van der Waals surface area contributed by atoms with Crippen molar-refractivity contribution in [2.75, 3.05) is 0 Å². The van der Waals surface area contributed by atoms with Crippen LogP contribution in [0.2, 0.25) is 0 Å². The first-order valence-electron chi connectivity index (χ1n) is 6.45. The zero-order valence-electron chi connectivity index (χ0n) is 11.2. The highest BCUT2D eigenvalue weighted by Gasteiger charge is 1.97. The van der Waals surface area contributed by atoms with Crippen molar-refractivity contribution in [2.45, 2.75) is 6.92 Å². The van der Waals surface area contributed by atoms with Gasteiger partial charge in [0.05, 0.1) is 5.69 Å². The fraction of sp³-hybridized carbons (Fsp3) is 0.0588. The molecule has 3 heteroatoms. The lowest BCUT2D eigenvalue weighted by molar-refractivity contribution is 0.313. The van der Waals surface area contributed by atoms with E-state index in [9.17, 15) is 0 Å². The van der Waals surface area contributed by atoms with E-state index in [4.69, 9.17) is 4.84 Å². The molecule has 0 aliphatic heterocycles. The van der Waals surface area contributed by atoms with Crippen LogP contribution in [0.15, 0.2) is 77.1 Å². The Kier molecular flexibility index (Phi) is 3.42. The molecule has 3 nitrogen and oxygen atoms in total. The number of benzene rings is 3. The monoisotopic (exact) mass is 262 g/mol. The molecule has 3 aromatic rings. The summed E-state index contributed by atoms with van der Waals surface area (Å²) in [5.41, 5.74) is 1.88. The van der Waals surface area contributed by atoms with Crippen LogP contribution in [0.4, 0.5) is 5.69 Å². The van der Waals surface area contributed by atoms with Crippen molar-refractivity contribution in [2.24, 2.45) is 10.4 Å². The second-order valence-electron chi connectivity index (χ2n) is 4.57. The Morgan fingerprint density at radius 1 is 0.800 bits per heavy atom. The van der Waals surface area contributed by atoms with Gasteiger partial charge in [0.25, 0.3) is 0 Å². The first-order chi connectivity index (χ1) is 9.83. The van der Waals surface area contributed by atoms with Crippen LogP contribution in [-0.4, -0.2) is 0 Å². The summed E-state index contributed by atoms with van der Waals surface area (Å²) >= 11 is 0. The molecule has 0 aliphatic carbocycles. The van der Waals surface area contributed by atoms with Crippen LogP contribution in [0.3, 0.4) is 0 Å². The van der Waals surface area contributed by atoms with E-state index >= 15 is 0 Å². The number of hydrogen-bond acceptors (Lipinski definition) is 3. The Morgan fingerprint density at radius 3 is 2.40 bits per heavy atom. The van der Waals surface area contributed by atoms with E-state index < -0.39 is 0 Å². The topological polar surface area (TPSA) is 34.0 Å². The average molecular weight is 262 g/mol. The molecule has 0 bridgehead atoms. The number of hydrogen-bond donors (Lipinski definition) is 0. The van der Waals surface area contributed by atoms with Crippen molar-refractivity contribution in [3.8, 4) is 5.75 Å². The van der Waals surface area contributed by atoms with E-state index in [0.29, 0.717) is 5.75 Å². The third-order valence-corrected chi connectivity index (χ3v) is 3.13. The Bertz CT molecular complexity index is 766. The van der Waals surface area contributed by atoms with Gasteiger partial charge in [-0.2, -0.15) is 0 Å². The third kappa shape index (κ3) is 2.67. The van der Waals surface area contributed by atoms with Crippen molar-refractivity contribution in [1.29, 1.82) is 0 Å². The molecule has 0 aliphatic rings. The zero-order valence-corrected chi connectivity index (χ0v) is 11.2. The van der Waals surface area contributed by atoms with Gasteiger partial charge in [-0.05, 0) is 41.5 Å². The summed E-state index contributed by atoms with van der Waals surface area (Å²) in [4.78, 5) is 5.33. The highest BCUT2D eigenvalue weighted by atomic mass is 16.6. The van der Waals surface area contributed by atoms with E-state index in [0.717, 1.165) is 16.6 Å². The molecular formula is C17H14N2O.